The summed E-state index contributed by atoms with van der Waals surface area (Å²) >= 11 is -2.72. The summed E-state index contributed by atoms with van der Waals surface area (Å²) < 4.78 is 3.79. The molecule has 0 aliphatic heterocycles. The molecule has 2 aliphatic rings. The van der Waals surface area contributed by atoms with Crippen LogP contribution in [0.2, 0.25) is 0 Å². The first-order valence-corrected chi connectivity index (χ1v) is 22.5. The smallest absolute Gasteiger partial charge is 0.147 e. The van der Waals surface area contributed by atoms with E-state index in [2.05, 4.69) is 159 Å². The third kappa shape index (κ3) is 8.65. The van der Waals surface area contributed by atoms with Gasteiger partial charge in [0.25, 0.3) is 0 Å². The van der Waals surface area contributed by atoms with Crippen molar-refractivity contribution in [3.05, 3.63) is 151 Å². The van der Waals surface area contributed by atoms with Gasteiger partial charge in [-0.25, -0.2) is 0 Å². The Bertz CT molecular complexity index is 1740. The van der Waals surface area contributed by atoms with Crippen molar-refractivity contribution < 1.29 is 21.3 Å². The van der Waals surface area contributed by atoms with Crippen molar-refractivity contribution in [3.8, 4) is 11.1 Å². The number of aryl methyl sites for hydroxylation is 2. The van der Waals surface area contributed by atoms with E-state index in [1.165, 1.54) is 70.2 Å². The van der Waals surface area contributed by atoms with Crippen molar-refractivity contribution in [1.29, 1.82) is 0 Å². The Hall–Kier alpha value is -2.31. The van der Waals surface area contributed by atoms with E-state index in [1.54, 1.807) is 17.6 Å². The van der Waals surface area contributed by atoms with Crippen molar-refractivity contribution in [2.75, 3.05) is 0 Å². The number of fused-ring (bicyclic) bond motifs is 3. The van der Waals surface area contributed by atoms with Gasteiger partial charge in [-0.1, -0.05) is 0 Å². The monoisotopic (exact) mass is 782 g/mol. The number of hydrogen-bond donors (Lipinski definition) is 0. The normalized spacial score (nSPS) is 13.6. The van der Waals surface area contributed by atoms with Crippen molar-refractivity contribution in [3.63, 3.8) is 0 Å². The first kappa shape index (κ1) is 40.5. The Morgan fingerprint density at radius 3 is 1.42 bits per heavy atom. The van der Waals surface area contributed by atoms with Crippen LogP contribution in [0.5, 0.6) is 0 Å². The van der Waals surface area contributed by atoms with Gasteiger partial charge in [0.15, 0.2) is 0 Å². The molecule has 0 unspecified atom stereocenters. The molecule has 0 atom stereocenters. The minimum Gasteiger partial charge on any atom is -0.147 e. The van der Waals surface area contributed by atoms with Crippen LogP contribution in [-0.2, 0) is 44.9 Å². The van der Waals surface area contributed by atoms with Crippen LogP contribution in [0.1, 0.15) is 136 Å². The molecule has 50 heavy (non-hydrogen) atoms. The average molecular weight is 785 g/mol. The van der Waals surface area contributed by atoms with Gasteiger partial charge in [-0.3, -0.25) is 0 Å². The number of halogens is 2. The fourth-order valence-electron chi connectivity index (χ4n) is 7.55. The standard InChI is InChI=1S/C21H25.C21H26.C5H5.2ClH.Zr/c1-20(2,3)16-9-7-14-11-15-8-10-17(21(4,5)6)13-19(15)18(14)12-16;1-3-5-7-18-9-13-20(14-10-18)17-21-15-11-19(12-16-21)8-6-4-2;1-2-4-5-3-1;;;/h7-13H,1-6H3;9-16H,3-8H2,1-2H3;1-3H,4H2;2*1H;. The molecule has 0 radical (unpaired) electrons. The summed E-state index contributed by atoms with van der Waals surface area (Å²) in [7, 11) is 0. The molecule has 0 fully saturated rings. The van der Waals surface area contributed by atoms with Gasteiger partial charge < -0.3 is 0 Å². The quantitative estimate of drug-likeness (QED) is 0.150. The van der Waals surface area contributed by atoms with E-state index in [9.17, 15) is 0 Å². The summed E-state index contributed by atoms with van der Waals surface area (Å²) in [6.07, 6.45) is 15.6. The summed E-state index contributed by atoms with van der Waals surface area (Å²) in [4.78, 5) is 0. The first-order valence-electron chi connectivity index (χ1n) is 18.6. The van der Waals surface area contributed by atoms with Gasteiger partial charge in [0.2, 0.25) is 0 Å². The maximum Gasteiger partial charge on any atom is -0.147 e. The van der Waals surface area contributed by atoms with E-state index in [1.807, 2.05) is 0 Å². The summed E-state index contributed by atoms with van der Waals surface area (Å²) in [5.74, 6) is 0. The summed E-state index contributed by atoms with van der Waals surface area (Å²) in [5, 5.41) is 0. The van der Waals surface area contributed by atoms with Crippen molar-refractivity contribution >= 4 is 28.0 Å². The molecule has 4 aromatic rings. The zero-order valence-electron chi connectivity index (χ0n) is 31.7. The van der Waals surface area contributed by atoms with E-state index in [4.69, 9.17) is 0 Å². The number of hydrogen-bond acceptors (Lipinski definition) is 0. The van der Waals surface area contributed by atoms with Crippen LogP contribution in [0.3, 0.4) is 0 Å². The molecule has 0 saturated carbocycles. The molecule has 6 rings (SSSR count). The van der Waals surface area contributed by atoms with Crippen LogP contribution >= 0.6 is 24.8 Å². The van der Waals surface area contributed by atoms with Gasteiger partial charge in [0.05, 0.1) is 0 Å². The predicted octanol–water partition coefficient (Wildman–Crippen LogP) is 13.6. The van der Waals surface area contributed by atoms with Gasteiger partial charge >= 0.3 is 301 Å². The maximum absolute atomic E-state index is 2.72. The van der Waals surface area contributed by atoms with E-state index < -0.39 is 21.3 Å². The Kier molecular flexibility index (Phi) is 13.8. The van der Waals surface area contributed by atoms with Crippen LogP contribution in [0.25, 0.3) is 11.1 Å². The SMILES string of the molecule is CCCCc1ccc([C](c2ccc(CCCC)cc2)=[Zr]([C]2=CC=CC2)[CH]2c3ccc(C(C)(C)C)cc3-c3cc(C(C)(C)C)ccc32)cc1.Cl.Cl. The third-order valence-corrected chi connectivity index (χ3v) is 18.9. The molecular weight excluding hydrogens is 727 g/mol. The molecule has 0 spiro atoms. The van der Waals surface area contributed by atoms with Gasteiger partial charge in [0, 0.05) is 0 Å². The van der Waals surface area contributed by atoms with E-state index in [0.29, 0.717) is 3.63 Å². The molecule has 0 aromatic heterocycles. The molecule has 264 valence electrons. The number of allylic oxidation sites excluding steroid dienone is 4. The Morgan fingerprint density at radius 2 is 1.06 bits per heavy atom. The minimum absolute atomic E-state index is 0. The molecule has 3 heteroatoms. The summed E-state index contributed by atoms with van der Waals surface area (Å²) in [5.41, 5.74) is 14.9. The third-order valence-electron chi connectivity index (χ3n) is 10.5. The molecule has 0 heterocycles. The molecular formula is C47H58Cl2Zr. The topological polar surface area (TPSA) is 0 Å². The molecule has 0 saturated heterocycles. The Balaban J connectivity index is 0.00000281. The van der Waals surface area contributed by atoms with Crippen molar-refractivity contribution in [2.24, 2.45) is 0 Å². The van der Waals surface area contributed by atoms with Gasteiger partial charge in [-0.2, -0.15) is 0 Å². The van der Waals surface area contributed by atoms with Gasteiger partial charge in [0.1, 0.15) is 0 Å². The second-order valence-electron chi connectivity index (χ2n) is 16.3. The molecule has 0 bridgehead atoms. The number of benzene rings is 4. The molecule has 2 aliphatic carbocycles. The summed E-state index contributed by atoms with van der Waals surface area (Å²) in [6.45, 7) is 18.7. The van der Waals surface area contributed by atoms with E-state index >= 15 is 0 Å². The number of rotatable bonds is 10. The van der Waals surface area contributed by atoms with Crippen LogP contribution < -0.4 is 0 Å². The van der Waals surface area contributed by atoms with Crippen LogP contribution in [0.15, 0.2) is 106 Å². The molecule has 0 nitrogen and oxygen atoms in total. The van der Waals surface area contributed by atoms with E-state index in [-0.39, 0.29) is 35.6 Å². The zero-order chi connectivity index (χ0) is 34.1. The summed E-state index contributed by atoms with van der Waals surface area (Å²) in [6, 6.07) is 34.6. The van der Waals surface area contributed by atoms with Gasteiger partial charge in [-0.05, 0) is 0 Å². The molecule has 0 N–H and O–H groups in total. The maximum atomic E-state index is 2.55. The Labute approximate surface area is 323 Å². The van der Waals surface area contributed by atoms with Crippen molar-refractivity contribution in [1.82, 2.24) is 0 Å². The Morgan fingerprint density at radius 1 is 0.620 bits per heavy atom. The largest absolute Gasteiger partial charge is 0.147 e. The first-order chi connectivity index (χ1) is 23.0. The fourth-order valence-corrected chi connectivity index (χ4v) is 16.6. The van der Waals surface area contributed by atoms with Gasteiger partial charge in [-0.15, -0.1) is 24.8 Å². The molecule has 4 aromatic carbocycles. The average Bonchev–Trinajstić information content (AvgIpc) is 3.71. The fraction of sp³-hybridized carbons (Fsp3) is 0.383. The second kappa shape index (κ2) is 17.0. The van der Waals surface area contributed by atoms with Crippen LogP contribution in [-0.4, -0.2) is 3.21 Å². The molecule has 0 amide bonds. The van der Waals surface area contributed by atoms with Crippen LogP contribution in [0, 0.1) is 0 Å². The zero-order valence-corrected chi connectivity index (χ0v) is 35.7. The van der Waals surface area contributed by atoms with E-state index in [0.717, 1.165) is 19.3 Å². The predicted molar refractivity (Wildman–Crippen MR) is 221 cm³/mol. The number of unbranched alkanes of at least 4 members (excludes halogenated alkanes) is 2. The van der Waals surface area contributed by atoms with Crippen LogP contribution in [0.4, 0.5) is 0 Å². The minimum atomic E-state index is -2.72. The van der Waals surface area contributed by atoms with Crippen molar-refractivity contribution in [2.45, 2.75) is 115 Å². The second-order valence-corrected chi connectivity index (χ2v) is 22.5.